The molecule has 4 rings (SSSR count). The summed E-state index contributed by atoms with van der Waals surface area (Å²) in [7, 11) is -2.92. The Hall–Kier alpha value is -4.05. The quantitative estimate of drug-likeness (QED) is 0.170. The summed E-state index contributed by atoms with van der Waals surface area (Å²) in [4.78, 5) is 29.8. The van der Waals surface area contributed by atoms with Crippen molar-refractivity contribution in [2.24, 2.45) is 0 Å². The minimum absolute atomic E-state index is 0.00644. The molecule has 1 N–H and O–H groups in total. The SMILES string of the molecule is COc1ccc(Cl)cc1N(CC(=O)N(Cc1cccc(Cl)c1)[C@@H](Cc1ccccc1)C(=O)NC(C)C)S(=O)(=O)c1ccc(C)cc1. The third-order valence-corrected chi connectivity index (χ3v) is 9.49. The van der Waals surface area contributed by atoms with E-state index in [1.165, 1.54) is 36.3 Å². The van der Waals surface area contributed by atoms with Gasteiger partial charge in [-0.2, -0.15) is 0 Å². The number of carbonyl (C=O) groups is 2. The lowest BCUT2D eigenvalue weighted by Crippen LogP contribution is -2.54. The largest absolute Gasteiger partial charge is 0.495 e. The van der Waals surface area contributed by atoms with Crippen LogP contribution in [0.15, 0.2) is 102 Å². The van der Waals surface area contributed by atoms with Gasteiger partial charge in [0.2, 0.25) is 11.8 Å². The molecule has 11 heteroatoms. The van der Waals surface area contributed by atoms with Gasteiger partial charge < -0.3 is 15.0 Å². The van der Waals surface area contributed by atoms with Gasteiger partial charge in [0, 0.05) is 29.1 Å². The minimum atomic E-state index is -4.33. The molecular weight excluding hydrogens is 645 g/mol. The molecule has 0 saturated heterocycles. The van der Waals surface area contributed by atoms with E-state index in [0.717, 1.165) is 15.4 Å². The summed E-state index contributed by atoms with van der Waals surface area (Å²) >= 11 is 12.7. The number of hydrogen-bond acceptors (Lipinski definition) is 5. The highest BCUT2D eigenvalue weighted by Gasteiger charge is 2.36. The van der Waals surface area contributed by atoms with E-state index in [9.17, 15) is 18.0 Å². The molecule has 4 aromatic carbocycles. The van der Waals surface area contributed by atoms with Gasteiger partial charge in [0.15, 0.2) is 0 Å². The van der Waals surface area contributed by atoms with Crippen LogP contribution in [0.1, 0.15) is 30.5 Å². The van der Waals surface area contributed by atoms with Gasteiger partial charge in [-0.05, 0) is 74.4 Å². The van der Waals surface area contributed by atoms with Crippen LogP contribution in [0.25, 0.3) is 0 Å². The first kappa shape index (κ1) is 34.8. The van der Waals surface area contributed by atoms with Crippen LogP contribution in [0.5, 0.6) is 5.75 Å². The fourth-order valence-electron chi connectivity index (χ4n) is 4.98. The normalized spacial score (nSPS) is 12.0. The molecular formula is C35H37Cl2N3O5S. The number of sulfonamides is 1. The van der Waals surface area contributed by atoms with Crippen molar-refractivity contribution in [3.63, 3.8) is 0 Å². The second-order valence-corrected chi connectivity index (χ2v) is 13.9. The molecule has 0 bridgehead atoms. The molecule has 4 aromatic rings. The Balaban J connectivity index is 1.86. The summed E-state index contributed by atoms with van der Waals surface area (Å²) in [6.07, 6.45) is 0.191. The van der Waals surface area contributed by atoms with E-state index < -0.39 is 28.5 Å². The highest BCUT2D eigenvalue weighted by molar-refractivity contribution is 7.92. The van der Waals surface area contributed by atoms with Crippen LogP contribution in [-0.4, -0.2) is 50.9 Å². The molecule has 8 nitrogen and oxygen atoms in total. The number of ether oxygens (including phenoxy) is 1. The summed E-state index contributed by atoms with van der Waals surface area (Å²) in [6.45, 7) is 4.87. The first-order chi connectivity index (χ1) is 21.9. The monoisotopic (exact) mass is 681 g/mol. The van der Waals surface area contributed by atoms with E-state index in [4.69, 9.17) is 27.9 Å². The number of nitrogens with zero attached hydrogens (tertiary/aromatic N) is 2. The van der Waals surface area contributed by atoms with Crippen molar-refractivity contribution in [1.82, 2.24) is 10.2 Å². The molecule has 0 aliphatic rings. The number of carbonyl (C=O) groups excluding carboxylic acids is 2. The van der Waals surface area contributed by atoms with Crippen LogP contribution in [-0.2, 0) is 32.6 Å². The summed E-state index contributed by atoms with van der Waals surface area (Å²) < 4.78 is 35.1. The van der Waals surface area contributed by atoms with Gasteiger partial charge in [0.25, 0.3) is 10.0 Å². The third kappa shape index (κ3) is 8.81. The zero-order valence-electron chi connectivity index (χ0n) is 26.1. The van der Waals surface area contributed by atoms with Crippen molar-refractivity contribution < 1.29 is 22.7 Å². The first-order valence-corrected chi connectivity index (χ1v) is 16.9. The Morgan fingerprint density at radius 1 is 0.848 bits per heavy atom. The summed E-state index contributed by atoms with van der Waals surface area (Å²) in [5, 5.41) is 3.65. The second-order valence-electron chi connectivity index (χ2n) is 11.2. The maximum atomic E-state index is 14.6. The number of halogens is 2. The highest BCUT2D eigenvalue weighted by Crippen LogP contribution is 2.35. The van der Waals surface area contributed by atoms with Crippen molar-refractivity contribution in [1.29, 1.82) is 0 Å². The van der Waals surface area contributed by atoms with Crippen LogP contribution in [0.3, 0.4) is 0 Å². The molecule has 2 amide bonds. The highest BCUT2D eigenvalue weighted by atomic mass is 35.5. The fourth-order valence-corrected chi connectivity index (χ4v) is 6.77. The van der Waals surface area contributed by atoms with E-state index in [2.05, 4.69) is 5.32 Å². The first-order valence-electron chi connectivity index (χ1n) is 14.7. The number of nitrogens with one attached hydrogen (secondary N) is 1. The van der Waals surface area contributed by atoms with E-state index in [-0.39, 0.29) is 46.3 Å². The lowest BCUT2D eigenvalue weighted by atomic mass is 10.0. The van der Waals surface area contributed by atoms with Crippen LogP contribution in [0.4, 0.5) is 5.69 Å². The molecule has 242 valence electrons. The fraction of sp³-hybridized carbons (Fsp3) is 0.257. The van der Waals surface area contributed by atoms with E-state index in [0.29, 0.717) is 10.6 Å². The molecule has 0 aromatic heterocycles. The number of hydrogen-bond donors (Lipinski definition) is 1. The van der Waals surface area contributed by atoms with E-state index >= 15 is 0 Å². The van der Waals surface area contributed by atoms with Gasteiger partial charge in [-0.25, -0.2) is 8.42 Å². The summed E-state index contributed by atoms with van der Waals surface area (Å²) in [5.41, 5.74) is 2.45. The van der Waals surface area contributed by atoms with Crippen LogP contribution in [0, 0.1) is 6.92 Å². The number of methoxy groups -OCH3 is 1. The minimum Gasteiger partial charge on any atom is -0.495 e. The second kappa shape index (κ2) is 15.5. The van der Waals surface area contributed by atoms with Gasteiger partial charge in [-0.3, -0.25) is 13.9 Å². The number of amides is 2. The van der Waals surface area contributed by atoms with Crippen molar-refractivity contribution in [3.8, 4) is 5.75 Å². The smallest absolute Gasteiger partial charge is 0.264 e. The lowest BCUT2D eigenvalue weighted by molar-refractivity contribution is -0.140. The molecule has 0 aliphatic heterocycles. The molecule has 1 atom stereocenters. The zero-order chi connectivity index (χ0) is 33.4. The molecule has 0 aliphatic carbocycles. The van der Waals surface area contributed by atoms with Crippen molar-refractivity contribution in [2.75, 3.05) is 18.0 Å². The summed E-state index contributed by atoms with van der Waals surface area (Å²) in [6, 6.07) is 26.0. The Labute approximate surface area is 280 Å². The molecule has 0 heterocycles. The predicted molar refractivity (Wildman–Crippen MR) is 183 cm³/mol. The third-order valence-electron chi connectivity index (χ3n) is 7.24. The molecule has 0 spiro atoms. The number of rotatable bonds is 13. The molecule has 0 unspecified atom stereocenters. The average Bonchev–Trinajstić information content (AvgIpc) is 3.01. The van der Waals surface area contributed by atoms with E-state index in [1.807, 2.05) is 51.1 Å². The predicted octanol–water partition coefficient (Wildman–Crippen LogP) is 6.67. The van der Waals surface area contributed by atoms with Crippen LogP contribution >= 0.6 is 23.2 Å². The maximum Gasteiger partial charge on any atom is 0.264 e. The Kier molecular flexibility index (Phi) is 11.7. The van der Waals surface area contributed by atoms with Gasteiger partial charge in [0.1, 0.15) is 18.3 Å². The lowest BCUT2D eigenvalue weighted by Gasteiger charge is -2.34. The van der Waals surface area contributed by atoms with Gasteiger partial charge in [-0.15, -0.1) is 0 Å². The Morgan fingerprint density at radius 2 is 1.50 bits per heavy atom. The maximum absolute atomic E-state index is 14.6. The van der Waals surface area contributed by atoms with Crippen LogP contribution < -0.4 is 14.4 Å². The average molecular weight is 683 g/mol. The summed E-state index contributed by atoms with van der Waals surface area (Å²) in [5.74, 6) is -0.785. The topological polar surface area (TPSA) is 96.0 Å². The van der Waals surface area contributed by atoms with Gasteiger partial charge in [0.05, 0.1) is 17.7 Å². The molecule has 0 saturated carbocycles. The zero-order valence-corrected chi connectivity index (χ0v) is 28.4. The van der Waals surface area contributed by atoms with Gasteiger partial charge >= 0.3 is 0 Å². The van der Waals surface area contributed by atoms with Crippen LogP contribution in [0.2, 0.25) is 10.0 Å². The molecule has 0 fully saturated rings. The van der Waals surface area contributed by atoms with Crippen molar-refractivity contribution in [3.05, 3.63) is 124 Å². The van der Waals surface area contributed by atoms with Crippen molar-refractivity contribution >= 4 is 50.7 Å². The number of aryl methyl sites for hydroxylation is 1. The Bertz CT molecular complexity index is 1770. The van der Waals surface area contributed by atoms with Crippen molar-refractivity contribution in [2.45, 2.75) is 50.7 Å². The Morgan fingerprint density at radius 3 is 2.13 bits per heavy atom. The number of benzene rings is 4. The standard InChI is InChI=1S/C35H37Cl2N3O5S/c1-24(2)38-35(42)32(20-26-9-6-5-7-10-26)39(22-27-11-8-12-28(36)19-27)34(41)23-40(31-21-29(37)15-18-33(31)45-4)46(43,44)30-16-13-25(3)14-17-30/h5-19,21,24,32H,20,22-23H2,1-4H3,(H,38,42)/t32-/m0/s1. The number of anilines is 1. The molecule has 0 radical (unpaired) electrons. The van der Waals surface area contributed by atoms with E-state index in [1.54, 1.807) is 42.5 Å². The van der Waals surface area contributed by atoms with Gasteiger partial charge in [-0.1, -0.05) is 83.4 Å². The molecule has 46 heavy (non-hydrogen) atoms.